The summed E-state index contributed by atoms with van der Waals surface area (Å²) in [6.07, 6.45) is 2.65. The number of aromatic nitrogens is 2. The molecule has 2 aromatic rings. The number of imidazole rings is 1. The molecule has 6 heteroatoms. The van der Waals surface area contributed by atoms with Crippen LogP contribution in [0.4, 0.5) is 8.78 Å². The normalized spacial score (nSPS) is 12.7. The van der Waals surface area contributed by atoms with Gasteiger partial charge in [0, 0.05) is 25.9 Å². The van der Waals surface area contributed by atoms with Gasteiger partial charge >= 0.3 is 0 Å². The number of aliphatic hydroxyl groups is 1. The Morgan fingerprint density at radius 3 is 2.78 bits per heavy atom. The molecule has 0 spiro atoms. The minimum Gasteiger partial charge on any atom is -0.388 e. The Balaban J connectivity index is 2.27. The fourth-order valence-electron chi connectivity index (χ4n) is 1.67. The van der Waals surface area contributed by atoms with E-state index in [0.29, 0.717) is 11.4 Å². The van der Waals surface area contributed by atoms with E-state index < -0.39 is 17.7 Å². The van der Waals surface area contributed by atoms with Gasteiger partial charge in [-0.15, -0.1) is 0 Å². The number of hydrogen-bond donors (Lipinski definition) is 1. The van der Waals surface area contributed by atoms with Gasteiger partial charge in [0.1, 0.15) is 5.82 Å². The van der Waals surface area contributed by atoms with Crippen LogP contribution >= 0.6 is 15.9 Å². The van der Waals surface area contributed by atoms with E-state index in [-0.39, 0.29) is 10.9 Å². The second-order valence-electron chi connectivity index (χ2n) is 3.94. The van der Waals surface area contributed by atoms with E-state index in [1.54, 1.807) is 24.0 Å². The molecular weight excluding hydrogens is 306 g/mol. The molecule has 0 aliphatic rings. The first-order valence-electron chi connectivity index (χ1n) is 5.28. The average Bonchev–Trinajstić information content (AvgIpc) is 2.72. The van der Waals surface area contributed by atoms with Gasteiger partial charge in [0.05, 0.1) is 10.6 Å². The lowest BCUT2D eigenvalue weighted by molar-refractivity contribution is 0.173. The smallest absolute Gasteiger partial charge is 0.173 e. The molecule has 18 heavy (non-hydrogen) atoms. The fraction of sp³-hybridized carbons (Fsp3) is 0.250. The molecule has 1 N–H and O–H groups in total. The largest absolute Gasteiger partial charge is 0.388 e. The van der Waals surface area contributed by atoms with Gasteiger partial charge in [-0.1, -0.05) is 6.07 Å². The Hall–Kier alpha value is -1.27. The van der Waals surface area contributed by atoms with Crippen LogP contribution in [0.15, 0.2) is 29.0 Å². The van der Waals surface area contributed by atoms with Crippen LogP contribution in [-0.2, 0) is 13.5 Å². The van der Waals surface area contributed by atoms with Crippen LogP contribution in [0.3, 0.4) is 0 Å². The van der Waals surface area contributed by atoms with Crippen LogP contribution in [0.5, 0.6) is 0 Å². The predicted octanol–water partition coefficient (Wildman–Crippen LogP) is 2.74. The first kappa shape index (κ1) is 13.2. The monoisotopic (exact) mass is 316 g/mol. The summed E-state index contributed by atoms with van der Waals surface area (Å²) in [6, 6.07) is 2.35. The summed E-state index contributed by atoms with van der Waals surface area (Å²) in [6.45, 7) is 0. The Morgan fingerprint density at radius 2 is 2.17 bits per heavy atom. The minimum atomic E-state index is -0.994. The Bertz CT molecular complexity index is 571. The lowest BCUT2D eigenvalue weighted by Gasteiger charge is -2.13. The molecule has 0 saturated carbocycles. The first-order chi connectivity index (χ1) is 8.50. The Labute approximate surface area is 111 Å². The highest BCUT2D eigenvalue weighted by atomic mass is 79.9. The van der Waals surface area contributed by atoms with E-state index in [2.05, 4.69) is 20.9 Å². The second-order valence-corrected chi connectivity index (χ2v) is 4.73. The molecule has 1 aromatic heterocycles. The van der Waals surface area contributed by atoms with Crippen molar-refractivity contribution >= 4 is 15.9 Å². The summed E-state index contributed by atoms with van der Waals surface area (Å²) in [5.41, 5.74) is 0.303. The van der Waals surface area contributed by atoms with Crippen LogP contribution in [-0.4, -0.2) is 14.7 Å². The third-order valence-corrected chi connectivity index (χ3v) is 3.53. The van der Waals surface area contributed by atoms with E-state index >= 15 is 0 Å². The van der Waals surface area contributed by atoms with Crippen LogP contribution in [0.1, 0.15) is 17.5 Å². The maximum Gasteiger partial charge on any atom is 0.173 e. The summed E-state index contributed by atoms with van der Waals surface area (Å²) in [5.74, 6) is -1.28. The lowest BCUT2D eigenvalue weighted by atomic mass is 10.1. The van der Waals surface area contributed by atoms with Crippen molar-refractivity contribution in [1.82, 2.24) is 9.55 Å². The topological polar surface area (TPSA) is 38.0 Å². The van der Waals surface area contributed by atoms with Gasteiger partial charge in [0.2, 0.25) is 0 Å². The summed E-state index contributed by atoms with van der Waals surface area (Å²) in [7, 11) is 1.80. The van der Waals surface area contributed by atoms with Crippen molar-refractivity contribution in [3.63, 3.8) is 0 Å². The molecule has 0 radical (unpaired) electrons. The molecular formula is C12H11BrF2N2O. The summed E-state index contributed by atoms with van der Waals surface area (Å²) >= 11 is 2.95. The molecule has 2 rings (SSSR count). The van der Waals surface area contributed by atoms with Crippen molar-refractivity contribution < 1.29 is 13.9 Å². The SMILES string of the molecule is Cn1ccnc1CC(O)c1ccc(F)c(F)c1Br. The minimum absolute atomic E-state index is 0.0517. The summed E-state index contributed by atoms with van der Waals surface area (Å²) < 4.78 is 28.0. The number of aryl methyl sites for hydroxylation is 1. The zero-order valence-corrected chi connectivity index (χ0v) is 11.2. The quantitative estimate of drug-likeness (QED) is 0.884. The first-order valence-corrected chi connectivity index (χ1v) is 6.07. The molecule has 0 saturated heterocycles. The zero-order valence-electron chi connectivity index (χ0n) is 9.57. The highest BCUT2D eigenvalue weighted by molar-refractivity contribution is 9.10. The summed E-state index contributed by atoms with van der Waals surface area (Å²) in [5, 5.41) is 10.0. The molecule has 1 aromatic carbocycles. The number of hydrogen-bond acceptors (Lipinski definition) is 2. The van der Waals surface area contributed by atoms with E-state index in [1.165, 1.54) is 6.07 Å². The van der Waals surface area contributed by atoms with Crippen molar-refractivity contribution in [3.8, 4) is 0 Å². The number of benzene rings is 1. The third-order valence-electron chi connectivity index (χ3n) is 2.72. The lowest BCUT2D eigenvalue weighted by Crippen LogP contribution is -2.08. The van der Waals surface area contributed by atoms with Crippen LogP contribution in [0.2, 0.25) is 0 Å². The van der Waals surface area contributed by atoms with Crippen molar-refractivity contribution in [2.75, 3.05) is 0 Å². The maximum atomic E-state index is 13.4. The summed E-state index contributed by atoms with van der Waals surface area (Å²) in [4.78, 5) is 4.07. The molecule has 1 heterocycles. The third kappa shape index (κ3) is 2.44. The van der Waals surface area contributed by atoms with Gasteiger partial charge in [-0.05, 0) is 27.6 Å². The van der Waals surface area contributed by atoms with E-state index in [4.69, 9.17) is 0 Å². The molecule has 0 aliphatic heterocycles. The van der Waals surface area contributed by atoms with Gasteiger partial charge in [-0.3, -0.25) is 0 Å². The zero-order chi connectivity index (χ0) is 13.3. The molecule has 0 amide bonds. The number of halogens is 3. The van der Waals surface area contributed by atoms with Crippen LogP contribution in [0, 0.1) is 11.6 Å². The highest BCUT2D eigenvalue weighted by Crippen LogP contribution is 2.29. The molecule has 1 unspecified atom stereocenters. The van der Waals surface area contributed by atoms with Crippen LogP contribution < -0.4 is 0 Å². The Morgan fingerprint density at radius 1 is 1.44 bits per heavy atom. The van der Waals surface area contributed by atoms with E-state index in [9.17, 15) is 13.9 Å². The van der Waals surface area contributed by atoms with Gasteiger partial charge in [0.15, 0.2) is 11.6 Å². The molecule has 0 fully saturated rings. The van der Waals surface area contributed by atoms with Crippen LogP contribution in [0.25, 0.3) is 0 Å². The molecule has 0 aliphatic carbocycles. The van der Waals surface area contributed by atoms with Crippen molar-refractivity contribution in [2.24, 2.45) is 7.05 Å². The number of nitrogens with zero attached hydrogens (tertiary/aromatic N) is 2. The number of rotatable bonds is 3. The average molecular weight is 317 g/mol. The molecule has 3 nitrogen and oxygen atoms in total. The van der Waals surface area contributed by atoms with Crippen molar-refractivity contribution in [1.29, 1.82) is 0 Å². The molecule has 96 valence electrons. The van der Waals surface area contributed by atoms with Gasteiger partial charge in [0.25, 0.3) is 0 Å². The Kier molecular flexibility index (Phi) is 3.77. The molecule has 1 atom stereocenters. The van der Waals surface area contributed by atoms with Gasteiger partial charge < -0.3 is 9.67 Å². The van der Waals surface area contributed by atoms with Crippen molar-refractivity contribution in [3.05, 3.63) is 52.0 Å². The second kappa shape index (κ2) is 5.16. The van der Waals surface area contributed by atoms with E-state index in [1.807, 2.05) is 0 Å². The standard InChI is InChI=1S/C12H11BrF2N2O/c1-17-5-4-16-10(17)6-9(18)7-2-3-8(14)12(15)11(7)13/h2-5,9,18H,6H2,1H3. The van der Waals surface area contributed by atoms with Gasteiger partial charge in [-0.2, -0.15) is 0 Å². The fourth-order valence-corrected chi connectivity index (χ4v) is 2.26. The predicted molar refractivity (Wildman–Crippen MR) is 65.9 cm³/mol. The van der Waals surface area contributed by atoms with Gasteiger partial charge in [-0.25, -0.2) is 13.8 Å². The van der Waals surface area contributed by atoms with E-state index in [0.717, 1.165) is 6.07 Å². The van der Waals surface area contributed by atoms with Crippen molar-refractivity contribution in [2.45, 2.75) is 12.5 Å². The number of aliphatic hydroxyl groups excluding tert-OH is 1. The molecule has 0 bridgehead atoms. The highest BCUT2D eigenvalue weighted by Gasteiger charge is 2.18. The maximum absolute atomic E-state index is 13.4.